The predicted octanol–water partition coefficient (Wildman–Crippen LogP) is 2.25. The van der Waals surface area contributed by atoms with Crippen LogP contribution in [0.2, 0.25) is 0 Å². The van der Waals surface area contributed by atoms with Crippen molar-refractivity contribution in [2.24, 2.45) is 0 Å². The van der Waals surface area contributed by atoms with Gasteiger partial charge in [0.15, 0.2) is 0 Å². The second-order valence-electron chi connectivity index (χ2n) is 2.35. The van der Waals surface area contributed by atoms with Crippen molar-refractivity contribution in [2.75, 3.05) is 0 Å². The Labute approximate surface area is 87.5 Å². The number of hydrogen-bond acceptors (Lipinski definition) is 0. The van der Waals surface area contributed by atoms with Gasteiger partial charge < -0.3 is 0 Å². The van der Waals surface area contributed by atoms with Crippen molar-refractivity contribution < 1.29 is 27.4 Å². The summed E-state index contributed by atoms with van der Waals surface area (Å²) in [4.78, 5) is 0. The van der Waals surface area contributed by atoms with Crippen molar-refractivity contribution in [3.63, 3.8) is 0 Å². The van der Waals surface area contributed by atoms with E-state index in [1.807, 2.05) is 0 Å². The van der Waals surface area contributed by atoms with E-state index in [9.17, 15) is 0 Å². The van der Waals surface area contributed by atoms with Crippen molar-refractivity contribution in [1.82, 2.24) is 0 Å². The van der Waals surface area contributed by atoms with Gasteiger partial charge in [-0.1, -0.05) is 48.5 Å². The summed E-state index contributed by atoms with van der Waals surface area (Å²) in [7, 11) is 0. The molecule has 0 N–H and O–H groups in total. The van der Waals surface area contributed by atoms with Gasteiger partial charge in [0.05, 0.1) is 0 Å². The fourth-order valence-electron chi connectivity index (χ4n) is 1.13. The Morgan fingerprint density at radius 3 is 0.800 bits per heavy atom. The maximum atomic E-state index is 2.12. The summed E-state index contributed by atoms with van der Waals surface area (Å²) in [5.41, 5.74) is 0. The third-order valence-electron chi connectivity index (χ3n) is 1.66. The van der Waals surface area contributed by atoms with Crippen LogP contribution in [0.3, 0.4) is 0 Å². The molecular formula is C10H8O5. The molecule has 0 aliphatic heterocycles. The lowest BCUT2D eigenvalue weighted by Crippen LogP contribution is -1.67. The summed E-state index contributed by atoms with van der Waals surface area (Å²) < 4.78 is 0. The molecule has 0 amide bonds. The zero-order valence-corrected chi connectivity index (χ0v) is 7.66. The van der Waals surface area contributed by atoms with E-state index >= 15 is 0 Å². The Bertz CT molecular complexity index is 285. The van der Waals surface area contributed by atoms with Gasteiger partial charge in [0.2, 0.25) is 0 Å². The van der Waals surface area contributed by atoms with E-state index in [2.05, 4.69) is 48.5 Å². The standard InChI is InChI=1S/C10H8.5O/c1-2-6-10-8-4-3-7-9(10)5-1;;;;;/h1-8H;;;;;. The van der Waals surface area contributed by atoms with Crippen LogP contribution < -0.4 is 0 Å². The molecule has 0 spiro atoms. The number of benzene rings is 2. The predicted molar refractivity (Wildman–Crippen MR) is 47.4 cm³/mol. The zero-order valence-electron chi connectivity index (χ0n) is 7.66. The van der Waals surface area contributed by atoms with Crippen LogP contribution in [0.15, 0.2) is 48.5 Å². The lowest BCUT2D eigenvalue weighted by molar-refractivity contribution is 0.685. The Morgan fingerprint density at radius 1 is 0.400 bits per heavy atom. The van der Waals surface area contributed by atoms with Crippen LogP contribution >= 0.6 is 0 Å². The molecule has 10 radical (unpaired) electrons. The Kier molecular flexibility index (Phi) is 16.5. The minimum atomic E-state index is 0. The molecule has 5 heteroatoms. The van der Waals surface area contributed by atoms with E-state index in [4.69, 9.17) is 0 Å². The summed E-state index contributed by atoms with van der Waals surface area (Å²) in [5.74, 6) is 0. The van der Waals surface area contributed by atoms with Crippen molar-refractivity contribution in [2.45, 2.75) is 0 Å². The van der Waals surface area contributed by atoms with Crippen LogP contribution in [-0.2, 0) is 27.4 Å². The molecule has 0 fully saturated rings. The zero-order chi connectivity index (χ0) is 6.81. The summed E-state index contributed by atoms with van der Waals surface area (Å²) >= 11 is 0. The van der Waals surface area contributed by atoms with E-state index in [1.165, 1.54) is 10.8 Å². The minimum absolute atomic E-state index is 0. The summed E-state index contributed by atoms with van der Waals surface area (Å²) in [6.07, 6.45) is 0. The van der Waals surface area contributed by atoms with Gasteiger partial charge in [0.25, 0.3) is 0 Å². The van der Waals surface area contributed by atoms with Gasteiger partial charge in [-0.05, 0) is 10.8 Å². The number of hydrogen-bond donors (Lipinski definition) is 0. The molecule has 0 bridgehead atoms. The molecule has 2 aromatic rings. The highest BCUT2D eigenvalue weighted by molar-refractivity contribution is 5.81. The lowest BCUT2D eigenvalue weighted by Gasteiger charge is -1.92. The van der Waals surface area contributed by atoms with Gasteiger partial charge in [-0.2, -0.15) is 0 Å². The van der Waals surface area contributed by atoms with Gasteiger partial charge in [0, 0.05) is 27.4 Å². The average molecular weight is 208 g/mol. The molecule has 0 saturated carbocycles. The van der Waals surface area contributed by atoms with E-state index in [0.29, 0.717) is 0 Å². The molecule has 0 saturated heterocycles. The van der Waals surface area contributed by atoms with E-state index < -0.39 is 0 Å². The molecule has 5 nitrogen and oxygen atoms in total. The van der Waals surface area contributed by atoms with Gasteiger partial charge in [-0.3, -0.25) is 0 Å². The van der Waals surface area contributed by atoms with Gasteiger partial charge >= 0.3 is 0 Å². The first-order valence-corrected chi connectivity index (χ1v) is 3.40. The van der Waals surface area contributed by atoms with Crippen LogP contribution in [0.25, 0.3) is 10.8 Å². The highest BCUT2D eigenvalue weighted by atomic mass is 16.0. The van der Waals surface area contributed by atoms with Crippen LogP contribution in [0, 0.1) is 0 Å². The van der Waals surface area contributed by atoms with E-state index in [0.717, 1.165) is 0 Å². The summed E-state index contributed by atoms with van der Waals surface area (Å²) in [6.45, 7) is 0. The van der Waals surface area contributed by atoms with E-state index in [1.54, 1.807) is 0 Å². The average Bonchev–Trinajstić information content (AvgIpc) is 2.05. The van der Waals surface area contributed by atoms with Crippen molar-refractivity contribution in [3.8, 4) is 0 Å². The molecule has 0 aliphatic rings. The van der Waals surface area contributed by atoms with Crippen molar-refractivity contribution >= 4 is 10.8 Å². The SMILES string of the molecule is [O].[O].[O].[O].[O].c1ccc2ccccc2c1. The normalized spacial score (nSPS) is 6.67. The van der Waals surface area contributed by atoms with Crippen molar-refractivity contribution in [1.29, 1.82) is 0 Å². The van der Waals surface area contributed by atoms with Crippen LogP contribution in [-0.4, -0.2) is 0 Å². The monoisotopic (exact) mass is 208 g/mol. The molecule has 2 rings (SSSR count). The molecule has 0 aromatic heterocycles. The van der Waals surface area contributed by atoms with Gasteiger partial charge in [0.1, 0.15) is 0 Å². The molecule has 78 valence electrons. The number of fused-ring (bicyclic) bond motifs is 1. The van der Waals surface area contributed by atoms with Gasteiger partial charge in [-0.25, -0.2) is 0 Å². The molecule has 0 atom stereocenters. The fraction of sp³-hybridized carbons (Fsp3) is 0. The third kappa shape index (κ3) is 5.06. The number of rotatable bonds is 0. The summed E-state index contributed by atoms with van der Waals surface area (Å²) in [6, 6.07) is 16.7. The van der Waals surface area contributed by atoms with Crippen molar-refractivity contribution in [3.05, 3.63) is 48.5 Å². The first-order valence-electron chi connectivity index (χ1n) is 3.40. The summed E-state index contributed by atoms with van der Waals surface area (Å²) in [5, 5.41) is 2.62. The maximum Gasteiger partial charge on any atom is 0 e. The highest BCUT2D eigenvalue weighted by Crippen LogP contribution is 2.11. The molecule has 2 aromatic carbocycles. The first kappa shape index (κ1) is 23.4. The quantitative estimate of drug-likeness (QED) is 0.625. The van der Waals surface area contributed by atoms with Gasteiger partial charge in [-0.15, -0.1) is 0 Å². The van der Waals surface area contributed by atoms with Crippen LogP contribution in [0.4, 0.5) is 0 Å². The molecule has 0 heterocycles. The largest absolute Gasteiger partial charge is 0.0616 e. The molecule has 0 unspecified atom stereocenters. The molecular weight excluding hydrogens is 200 g/mol. The second kappa shape index (κ2) is 10.6. The Hall–Kier alpha value is -1.50. The first-order chi connectivity index (χ1) is 4.97. The Morgan fingerprint density at radius 2 is 0.600 bits per heavy atom. The highest BCUT2D eigenvalue weighted by Gasteiger charge is 1.85. The smallest absolute Gasteiger partial charge is 0 e. The fourth-order valence-corrected chi connectivity index (χ4v) is 1.13. The maximum absolute atomic E-state index is 2.12. The topological polar surface area (TPSA) is 142 Å². The third-order valence-corrected chi connectivity index (χ3v) is 1.66. The minimum Gasteiger partial charge on any atom is -0.0616 e. The van der Waals surface area contributed by atoms with Crippen LogP contribution in [0.5, 0.6) is 0 Å². The molecule has 15 heavy (non-hydrogen) atoms. The lowest BCUT2D eigenvalue weighted by atomic mass is 10.1. The second-order valence-corrected chi connectivity index (χ2v) is 2.35. The van der Waals surface area contributed by atoms with Crippen LogP contribution in [0.1, 0.15) is 0 Å². The Balaban J connectivity index is -0.000000121. The molecule has 0 aliphatic carbocycles. The van der Waals surface area contributed by atoms with E-state index in [-0.39, 0.29) is 27.4 Å².